The number of nitrogens with one attached hydrogen (secondary N) is 1. The number of nitrogens with zero attached hydrogens (tertiary/aromatic N) is 2. The molecular formula is C26H23N3O7S. The number of nitro groups is 1. The zero-order valence-electron chi connectivity index (χ0n) is 20.4. The molecule has 0 amide bonds. The Kier molecular flexibility index (Phi) is 7.54. The molecule has 4 aromatic rings. The summed E-state index contributed by atoms with van der Waals surface area (Å²) in [6.07, 6.45) is 2.79. The smallest absolute Gasteiger partial charge is 0.311 e. The first-order valence-electron chi connectivity index (χ1n) is 10.9. The third-order valence-corrected chi connectivity index (χ3v) is 6.58. The minimum atomic E-state index is -0.590. The summed E-state index contributed by atoms with van der Waals surface area (Å²) in [6, 6.07) is 13.4. The zero-order valence-corrected chi connectivity index (χ0v) is 21.3. The highest BCUT2D eigenvalue weighted by Gasteiger charge is 2.20. The number of hydrogen-bond acceptors (Lipinski definition) is 10. The standard InChI is InChI=1S/C26H23N3O7S/c1-33-21-10-7-16(13-19(21)29(31)32)20(30)11-12-27-17-8-5-15(6-9-17)26-28-18-14-22(34-2)23(35-3)24(36-4)25(18)37-26/h5-14,27H,1-4H3/b12-11-. The van der Waals surface area contributed by atoms with Crippen molar-refractivity contribution in [1.29, 1.82) is 0 Å². The number of ketones is 1. The maximum atomic E-state index is 12.5. The average Bonchev–Trinajstić information content (AvgIpc) is 3.35. The van der Waals surface area contributed by atoms with E-state index in [1.165, 1.54) is 48.9 Å². The summed E-state index contributed by atoms with van der Waals surface area (Å²) < 4.78 is 22.3. The van der Waals surface area contributed by atoms with Crippen LogP contribution in [-0.2, 0) is 0 Å². The highest BCUT2D eigenvalue weighted by molar-refractivity contribution is 7.22. The SMILES string of the molecule is COc1ccc(C(=O)/C=C\Nc2ccc(-c3nc4cc(OC)c(OC)c(OC)c4s3)cc2)cc1[N+](=O)[O-]. The first kappa shape index (κ1) is 25.5. The Morgan fingerprint density at radius 2 is 1.65 bits per heavy atom. The van der Waals surface area contributed by atoms with Crippen LogP contribution in [-0.4, -0.2) is 44.1 Å². The van der Waals surface area contributed by atoms with E-state index >= 15 is 0 Å². The van der Waals surface area contributed by atoms with E-state index < -0.39 is 4.92 Å². The van der Waals surface area contributed by atoms with Crippen molar-refractivity contribution < 1.29 is 28.7 Å². The highest BCUT2D eigenvalue weighted by atomic mass is 32.1. The molecule has 0 aliphatic carbocycles. The van der Waals surface area contributed by atoms with E-state index in [9.17, 15) is 14.9 Å². The van der Waals surface area contributed by atoms with Crippen LogP contribution in [0.2, 0.25) is 0 Å². The quantitative estimate of drug-likeness (QED) is 0.121. The van der Waals surface area contributed by atoms with Gasteiger partial charge in [0.05, 0.1) is 38.9 Å². The molecule has 1 N–H and O–H groups in total. The van der Waals surface area contributed by atoms with Crippen LogP contribution < -0.4 is 24.3 Å². The summed E-state index contributed by atoms with van der Waals surface area (Å²) in [5.41, 5.74) is 2.29. The molecule has 4 rings (SSSR count). The number of methoxy groups -OCH3 is 4. The maximum absolute atomic E-state index is 12.5. The number of allylic oxidation sites excluding steroid dienone is 1. The molecule has 11 heteroatoms. The number of carbonyl (C=O) groups is 1. The summed E-state index contributed by atoms with van der Waals surface area (Å²) in [5.74, 6) is 1.32. The van der Waals surface area contributed by atoms with Gasteiger partial charge in [0.25, 0.3) is 0 Å². The predicted molar refractivity (Wildman–Crippen MR) is 141 cm³/mol. The van der Waals surface area contributed by atoms with E-state index in [0.29, 0.717) is 17.2 Å². The van der Waals surface area contributed by atoms with E-state index in [2.05, 4.69) is 5.32 Å². The Balaban J connectivity index is 1.50. The number of thiazole rings is 1. The molecule has 0 aliphatic rings. The van der Waals surface area contributed by atoms with Gasteiger partial charge in [0, 0.05) is 41.2 Å². The van der Waals surface area contributed by atoms with Crippen LogP contribution in [0.15, 0.2) is 60.8 Å². The van der Waals surface area contributed by atoms with Crippen LogP contribution in [0.4, 0.5) is 11.4 Å². The van der Waals surface area contributed by atoms with Crippen molar-refractivity contribution in [3.05, 3.63) is 76.5 Å². The fraction of sp³-hybridized carbons (Fsp3) is 0.154. The minimum Gasteiger partial charge on any atom is -0.493 e. The van der Waals surface area contributed by atoms with Gasteiger partial charge >= 0.3 is 5.69 Å². The van der Waals surface area contributed by atoms with E-state index in [-0.39, 0.29) is 22.8 Å². The van der Waals surface area contributed by atoms with Gasteiger partial charge in [-0.25, -0.2) is 4.98 Å². The molecule has 10 nitrogen and oxygen atoms in total. The molecule has 0 saturated heterocycles. The number of ether oxygens (including phenoxy) is 4. The fourth-order valence-electron chi connectivity index (χ4n) is 3.66. The van der Waals surface area contributed by atoms with Gasteiger partial charge in [-0.2, -0.15) is 0 Å². The molecule has 0 atom stereocenters. The molecule has 0 spiro atoms. The zero-order chi connectivity index (χ0) is 26.5. The largest absolute Gasteiger partial charge is 0.493 e. The highest BCUT2D eigenvalue weighted by Crippen LogP contribution is 2.46. The predicted octanol–water partition coefficient (Wildman–Crippen LogP) is 5.71. The van der Waals surface area contributed by atoms with Crippen LogP contribution in [0.3, 0.4) is 0 Å². The molecule has 0 saturated carbocycles. The molecule has 1 heterocycles. The van der Waals surface area contributed by atoms with Gasteiger partial charge in [0.2, 0.25) is 5.75 Å². The molecule has 0 fully saturated rings. The topological polar surface area (TPSA) is 122 Å². The van der Waals surface area contributed by atoms with Crippen molar-refractivity contribution in [2.45, 2.75) is 0 Å². The number of fused-ring (bicyclic) bond motifs is 1. The van der Waals surface area contributed by atoms with Crippen LogP contribution >= 0.6 is 11.3 Å². The molecule has 190 valence electrons. The summed E-state index contributed by atoms with van der Waals surface area (Å²) in [6.45, 7) is 0. The number of anilines is 1. The van der Waals surface area contributed by atoms with Crippen LogP contribution in [0.25, 0.3) is 20.8 Å². The number of carbonyl (C=O) groups excluding carboxylic acids is 1. The lowest BCUT2D eigenvalue weighted by Gasteiger charge is -2.11. The number of rotatable bonds is 10. The summed E-state index contributed by atoms with van der Waals surface area (Å²) >= 11 is 1.47. The second-order valence-electron chi connectivity index (χ2n) is 7.58. The number of nitro benzene ring substituents is 1. The number of aromatic nitrogens is 1. The van der Waals surface area contributed by atoms with Crippen LogP contribution in [0.5, 0.6) is 23.0 Å². The molecule has 37 heavy (non-hydrogen) atoms. The second-order valence-corrected chi connectivity index (χ2v) is 8.57. The summed E-state index contributed by atoms with van der Waals surface area (Å²) in [5, 5.41) is 15.0. The van der Waals surface area contributed by atoms with Crippen LogP contribution in [0, 0.1) is 10.1 Å². The van der Waals surface area contributed by atoms with E-state index in [1.807, 2.05) is 30.3 Å². The molecule has 0 bridgehead atoms. The lowest BCUT2D eigenvalue weighted by molar-refractivity contribution is -0.385. The Bertz CT molecular complexity index is 1500. The molecule has 3 aromatic carbocycles. The van der Waals surface area contributed by atoms with Gasteiger partial charge in [-0.3, -0.25) is 14.9 Å². The lowest BCUT2D eigenvalue weighted by atomic mass is 10.1. The first-order valence-corrected chi connectivity index (χ1v) is 11.7. The van der Waals surface area contributed by atoms with Gasteiger partial charge in [-0.1, -0.05) is 0 Å². The fourth-order valence-corrected chi connectivity index (χ4v) is 4.72. The third-order valence-electron chi connectivity index (χ3n) is 5.46. The Labute approximate surface area is 216 Å². The minimum absolute atomic E-state index is 0.0913. The van der Waals surface area contributed by atoms with E-state index in [1.54, 1.807) is 21.3 Å². The van der Waals surface area contributed by atoms with Crippen LogP contribution in [0.1, 0.15) is 10.4 Å². The molecule has 0 radical (unpaired) electrons. The molecule has 0 unspecified atom stereocenters. The summed E-state index contributed by atoms with van der Waals surface area (Å²) in [7, 11) is 6.03. The Morgan fingerprint density at radius 3 is 2.27 bits per heavy atom. The van der Waals surface area contributed by atoms with Crippen molar-refractivity contribution >= 4 is 38.7 Å². The molecule has 0 aliphatic heterocycles. The van der Waals surface area contributed by atoms with Crippen molar-refractivity contribution in [1.82, 2.24) is 4.98 Å². The average molecular weight is 522 g/mol. The van der Waals surface area contributed by atoms with E-state index in [4.69, 9.17) is 23.9 Å². The third kappa shape index (κ3) is 5.16. The first-order chi connectivity index (χ1) is 17.9. The second kappa shape index (κ2) is 11.0. The monoisotopic (exact) mass is 521 g/mol. The van der Waals surface area contributed by atoms with Crippen molar-refractivity contribution in [2.75, 3.05) is 33.8 Å². The lowest BCUT2D eigenvalue weighted by Crippen LogP contribution is -2.00. The Hall–Kier alpha value is -4.64. The number of hydrogen-bond donors (Lipinski definition) is 1. The van der Waals surface area contributed by atoms with Gasteiger partial charge < -0.3 is 24.3 Å². The molecular weight excluding hydrogens is 498 g/mol. The number of benzene rings is 3. The van der Waals surface area contributed by atoms with E-state index in [0.717, 1.165) is 26.5 Å². The van der Waals surface area contributed by atoms with Gasteiger partial charge in [-0.05, 0) is 36.4 Å². The maximum Gasteiger partial charge on any atom is 0.311 e. The summed E-state index contributed by atoms with van der Waals surface area (Å²) in [4.78, 5) is 27.8. The molecule has 1 aromatic heterocycles. The van der Waals surface area contributed by atoms with Crippen molar-refractivity contribution in [3.63, 3.8) is 0 Å². The van der Waals surface area contributed by atoms with Crippen molar-refractivity contribution in [3.8, 4) is 33.6 Å². The van der Waals surface area contributed by atoms with Gasteiger partial charge in [0.1, 0.15) is 9.71 Å². The van der Waals surface area contributed by atoms with Gasteiger partial charge in [0.15, 0.2) is 23.0 Å². The normalized spacial score (nSPS) is 10.9. The van der Waals surface area contributed by atoms with Crippen molar-refractivity contribution in [2.24, 2.45) is 0 Å². The Morgan fingerprint density at radius 1 is 0.946 bits per heavy atom. The van der Waals surface area contributed by atoms with Gasteiger partial charge in [-0.15, -0.1) is 11.3 Å².